The van der Waals surface area contributed by atoms with Gasteiger partial charge in [-0.1, -0.05) is 6.42 Å². The van der Waals surface area contributed by atoms with E-state index in [1.54, 1.807) is 0 Å². The fourth-order valence-corrected chi connectivity index (χ4v) is 1.30. The van der Waals surface area contributed by atoms with Gasteiger partial charge in [-0.2, -0.15) is 0 Å². The molecule has 0 amide bonds. The molecule has 0 radical (unpaired) electrons. The van der Waals surface area contributed by atoms with Crippen molar-refractivity contribution in [3.05, 3.63) is 0 Å². The Morgan fingerprint density at radius 1 is 1.36 bits per heavy atom. The van der Waals surface area contributed by atoms with E-state index in [1.807, 2.05) is 0 Å². The highest BCUT2D eigenvalue weighted by molar-refractivity contribution is 5.77. The molecule has 0 aromatic heterocycles. The van der Waals surface area contributed by atoms with Gasteiger partial charge >= 0.3 is 5.97 Å². The van der Waals surface area contributed by atoms with Gasteiger partial charge in [0.25, 0.3) is 0 Å². The molecule has 0 unspecified atom stereocenters. The Kier molecular flexibility index (Phi) is 2.49. The number of rotatable bonds is 5. The summed E-state index contributed by atoms with van der Waals surface area (Å²) in [5.41, 5.74) is -0.394. The summed E-state index contributed by atoms with van der Waals surface area (Å²) in [6.45, 7) is 0.176. The van der Waals surface area contributed by atoms with E-state index in [-0.39, 0.29) is 6.61 Å². The van der Waals surface area contributed by atoms with Crippen LogP contribution in [0, 0.1) is 5.41 Å². The van der Waals surface area contributed by atoms with Gasteiger partial charge in [0.05, 0.1) is 5.41 Å². The third kappa shape index (κ3) is 1.93. The van der Waals surface area contributed by atoms with Gasteiger partial charge in [0, 0.05) is 6.61 Å². The van der Waals surface area contributed by atoms with Gasteiger partial charge < -0.3 is 10.2 Å². The summed E-state index contributed by atoms with van der Waals surface area (Å²) < 4.78 is 0. The molecule has 1 aliphatic carbocycles. The Balaban J connectivity index is 2.20. The lowest BCUT2D eigenvalue weighted by Gasteiger charge is -2.07. The first-order valence-corrected chi connectivity index (χ1v) is 4.05. The molecule has 64 valence electrons. The Labute approximate surface area is 66.0 Å². The van der Waals surface area contributed by atoms with Crippen molar-refractivity contribution in [1.82, 2.24) is 0 Å². The van der Waals surface area contributed by atoms with Crippen molar-refractivity contribution in [2.75, 3.05) is 6.61 Å². The number of hydrogen-bond acceptors (Lipinski definition) is 2. The first-order chi connectivity index (χ1) is 5.21. The molecule has 1 aliphatic rings. The second kappa shape index (κ2) is 3.22. The average Bonchev–Trinajstić information content (AvgIpc) is 2.70. The summed E-state index contributed by atoms with van der Waals surface area (Å²) in [6.07, 6.45) is 3.96. The van der Waals surface area contributed by atoms with Crippen LogP contribution in [0.3, 0.4) is 0 Å². The second-order valence-corrected chi connectivity index (χ2v) is 3.27. The Hall–Kier alpha value is -0.570. The van der Waals surface area contributed by atoms with Crippen LogP contribution < -0.4 is 0 Å². The average molecular weight is 158 g/mol. The maximum absolute atomic E-state index is 10.6. The molecule has 1 saturated carbocycles. The number of aliphatic carboxylic acids is 1. The number of carboxylic acids is 1. The van der Waals surface area contributed by atoms with E-state index in [2.05, 4.69) is 0 Å². The lowest BCUT2D eigenvalue weighted by Crippen LogP contribution is -2.14. The minimum absolute atomic E-state index is 0.176. The number of aliphatic hydroxyl groups excluding tert-OH is 1. The van der Waals surface area contributed by atoms with Crippen LogP contribution in [-0.2, 0) is 4.79 Å². The molecule has 0 aliphatic heterocycles. The Bertz CT molecular complexity index is 149. The summed E-state index contributed by atoms with van der Waals surface area (Å²) in [5, 5.41) is 17.2. The number of carbonyl (C=O) groups is 1. The van der Waals surface area contributed by atoms with Crippen molar-refractivity contribution in [2.45, 2.75) is 32.1 Å². The molecule has 3 nitrogen and oxygen atoms in total. The lowest BCUT2D eigenvalue weighted by atomic mass is 10.00. The molecule has 1 fully saturated rings. The van der Waals surface area contributed by atoms with Gasteiger partial charge in [-0.15, -0.1) is 0 Å². The minimum atomic E-state index is -0.657. The van der Waals surface area contributed by atoms with E-state index in [0.29, 0.717) is 0 Å². The molecule has 0 aromatic rings. The quantitative estimate of drug-likeness (QED) is 0.587. The molecule has 2 N–H and O–H groups in total. The predicted octanol–water partition coefficient (Wildman–Crippen LogP) is 1.01. The van der Waals surface area contributed by atoms with Crippen molar-refractivity contribution in [2.24, 2.45) is 5.41 Å². The first-order valence-electron chi connectivity index (χ1n) is 4.05. The minimum Gasteiger partial charge on any atom is -0.481 e. The second-order valence-electron chi connectivity index (χ2n) is 3.27. The number of carboxylic acid groups (broad SMARTS) is 1. The third-order valence-corrected chi connectivity index (χ3v) is 2.37. The third-order valence-electron chi connectivity index (χ3n) is 2.37. The zero-order valence-electron chi connectivity index (χ0n) is 6.55. The zero-order chi connectivity index (χ0) is 8.32. The highest BCUT2D eigenvalue weighted by Crippen LogP contribution is 2.49. The van der Waals surface area contributed by atoms with E-state index in [1.165, 1.54) is 0 Å². The van der Waals surface area contributed by atoms with E-state index < -0.39 is 11.4 Å². The summed E-state index contributed by atoms with van der Waals surface area (Å²) in [6, 6.07) is 0. The molecule has 0 bridgehead atoms. The standard InChI is InChI=1S/C8H14O3/c9-6-2-1-3-8(4-5-8)7(10)11/h9H,1-6H2,(H,10,11). The summed E-state index contributed by atoms with van der Waals surface area (Å²) in [4.78, 5) is 10.6. The highest BCUT2D eigenvalue weighted by atomic mass is 16.4. The van der Waals surface area contributed by atoms with Crippen molar-refractivity contribution in [3.63, 3.8) is 0 Å². The maximum atomic E-state index is 10.6. The van der Waals surface area contributed by atoms with E-state index >= 15 is 0 Å². The molecule has 0 aromatic carbocycles. The van der Waals surface area contributed by atoms with E-state index in [9.17, 15) is 4.79 Å². The molecule has 0 saturated heterocycles. The van der Waals surface area contributed by atoms with Crippen LogP contribution in [0.2, 0.25) is 0 Å². The SMILES string of the molecule is O=C(O)C1(CCCCO)CC1. The van der Waals surface area contributed by atoms with Gasteiger partial charge in [0.15, 0.2) is 0 Å². The molecule has 3 heteroatoms. The van der Waals surface area contributed by atoms with Crippen LogP contribution in [0.4, 0.5) is 0 Å². The molecule has 1 rings (SSSR count). The number of hydrogen-bond donors (Lipinski definition) is 2. The van der Waals surface area contributed by atoms with Crippen LogP contribution in [0.5, 0.6) is 0 Å². The topological polar surface area (TPSA) is 57.5 Å². The molecule has 0 spiro atoms. The van der Waals surface area contributed by atoms with Crippen LogP contribution in [0.15, 0.2) is 0 Å². The van der Waals surface area contributed by atoms with Crippen molar-refractivity contribution in [1.29, 1.82) is 0 Å². The molecule has 0 heterocycles. The Morgan fingerprint density at radius 2 is 2.00 bits per heavy atom. The number of unbranched alkanes of at least 4 members (excludes halogenated alkanes) is 1. The highest BCUT2D eigenvalue weighted by Gasteiger charge is 2.49. The lowest BCUT2D eigenvalue weighted by molar-refractivity contribution is -0.143. The normalized spacial score (nSPS) is 19.7. The van der Waals surface area contributed by atoms with Crippen LogP contribution in [0.1, 0.15) is 32.1 Å². The van der Waals surface area contributed by atoms with Crippen molar-refractivity contribution < 1.29 is 15.0 Å². The number of aliphatic hydroxyl groups is 1. The van der Waals surface area contributed by atoms with Crippen LogP contribution in [0.25, 0.3) is 0 Å². The predicted molar refractivity (Wildman–Crippen MR) is 40.2 cm³/mol. The fourth-order valence-electron chi connectivity index (χ4n) is 1.30. The summed E-state index contributed by atoms with van der Waals surface area (Å²) in [5.74, 6) is -0.657. The monoisotopic (exact) mass is 158 g/mol. The van der Waals surface area contributed by atoms with Gasteiger partial charge in [-0.3, -0.25) is 4.79 Å². The van der Waals surface area contributed by atoms with Crippen LogP contribution >= 0.6 is 0 Å². The maximum Gasteiger partial charge on any atom is 0.309 e. The summed E-state index contributed by atoms with van der Waals surface area (Å²) >= 11 is 0. The first kappa shape index (κ1) is 8.53. The Morgan fingerprint density at radius 3 is 2.36 bits per heavy atom. The van der Waals surface area contributed by atoms with Gasteiger partial charge in [0.1, 0.15) is 0 Å². The van der Waals surface area contributed by atoms with Crippen molar-refractivity contribution >= 4 is 5.97 Å². The molecular weight excluding hydrogens is 144 g/mol. The van der Waals surface area contributed by atoms with E-state index in [4.69, 9.17) is 10.2 Å². The summed E-state index contributed by atoms with van der Waals surface area (Å²) in [7, 11) is 0. The van der Waals surface area contributed by atoms with Gasteiger partial charge in [-0.05, 0) is 25.7 Å². The van der Waals surface area contributed by atoms with Crippen molar-refractivity contribution in [3.8, 4) is 0 Å². The largest absolute Gasteiger partial charge is 0.481 e. The molecular formula is C8H14O3. The zero-order valence-corrected chi connectivity index (χ0v) is 6.55. The fraction of sp³-hybridized carbons (Fsp3) is 0.875. The molecule has 0 atom stereocenters. The van der Waals surface area contributed by atoms with Gasteiger partial charge in [0.2, 0.25) is 0 Å². The van der Waals surface area contributed by atoms with Gasteiger partial charge in [-0.25, -0.2) is 0 Å². The molecule has 11 heavy (non-hydrogen) atoms. The van der Waals surface area contributed by atoms with E-state index in [0.717, 1.165) is 32.1 Å². The van der Waals surface area contributed by atoms with Crippen LogP contribution in [-0.4, -0.2) is 22.8 Å². The smallest absolute Gasteiger partial charge is 0.309 e.